The molecule has 4 fully saturated rings. The fraction of sp³-hybridized carbons (Fsp3) is 0.582. The first-order valence-corrected chi connectivity index (χ1v) is 26.6. The number of hydrogen-bond donors (Lipinski definition) is 7. The first-order chi connectivity index (χ1) is 34.6. The highest BCUT2D eigenvalue weighted by Gasteiger charge is 2.76. The number of ketones is 2. The Morgan fingerprint density at radius 1 is 0.932 bits per heavy atom. The maximum atomic E-state index is 14.0. The second-order valence-corrected chi connectivity index (χ2v) is 22.9. The number of carbonyl (C=O) groups excluding carboxylic acids is 6. The molecule has 5 aliphatic rings. The van der Waals surface area contributed by atoms with E-state index >= 15 is 0 Å². The Balaban J connectivity index is 0.892. The molecule has 1 aliphatic heterocycles. The number of carboxylic acids is 1. The molecule has 2 unspecified atom stereocenters. The fourth-order valence-corrected chi connectivity index (χ4v) is 13.6. The number of anilines is 1. The van der Waals surface area contributed by atoms with Crippen molar-refractivity contribution in [3.05, 3.63) is 77.9 Å². The van der Waals surface area contributed by atoms with Crippen LogP contribution < -0.4 is 26.0 Å². The van der Waals surface area contributed by atoms with Crippen molar-refractivity contribution in [3.8, 4) is 11.5 Å². The van der Waals surface area contributed by atoms with Gasteiger partial charge in [-0.1, -0.05) is 78.2 Å². The van der Waals surface area contributed by atoms with Crippen LogP contribution >= 0.6 is 11.8 Å². The second-order valence-electron chi connectivity index (χ2n) is 21.3. The van der Waals surface area contributed by atoms with E-state index in [0.717, 1.165) is 37.7 Å². The number of aliphatic hydroxyl groups excluding tert-OH is 2. The van der Waals surface area contributed by atoms with Crippen LogP contribution in [0, 0.1) is 34.5 Å². The summed E-state index contributed by atoms with van der Waals surface area (Å²) < 4.78 is 19.4. The molecule has 17 nitrogen and oxygen atoms in total. The number of allylic oxidation sites excluding steroid dienone is 4. The highest BCUT2D eigenvalue weighted by molar-refractivity contribution is 8.01. The van der Waals surface area contributed by atoms with E-state index < -0.39 is 94.3 Å². The van der Waals surface area contributed by atoms with Crippen molar-refractivity contribution >= 4 is 58.6 Å². The van der Waals surface area contributed by atoms with Gasteiger partial charge < -0.3 is 50.8 Å². The Labute approximate surface area is 431 Å². The van der Waals surface area contributed by atoms with E-state index in [9.17, 15) is 48.9 Å². The summed E-state index contributed by atoms with van der Waals surface area (Å²) in [7, 11) is 0. The number of rotatable bonds is 22. The maximum Gasteiger partial charge on any atom is 0.305 e. The summed E-state index contributed by atoms with van der Waals surface area (Å²) >= 11 is 1.31. The summed E-state index contributed by atoms with van der Waals surface area (Å²) in [5.41, 5.74) is -0.661. The zero-order chi connectivity index (χ0) is 53.0. The first kappa shape index (κ1) is 55.4. The molecule has 0 bridgehead atoms. The van der Waals surface area contributed by atoms with E-state index in [-0.39, 0.29) is 60.5 Å². The molecule has 73 heavy (non-hydrogen) atoms. The zero-order valence-electron chi connectivity index (χ0n) is 42.8. The van der Waals surface area contributed by atoms with Crippen molar-refractivity contribution in [3.63, 3.8) is 0 Å². The number of thioether (sulfide) groups is 1. The number of carboxylic acid groups (broad SMARTS) is 1. The molecular formula is C55H72N4O13S. The van der Waals surface area contributed by atoms with E-state index in [1.165, 1.54) is 18.7 Å². The van der Waals surface area contributed by atoms with Gasteiger partial charge in [-0.05, 0) is 105 Å². The third kappa shape index (κ3) is 11.6. The van der Waals surface area contributed by atoms with E-state index in [1.807, 2.05) is 19.9 Å². The van der Waals surface area contributed by atoms with E-state index in [1.54, 1.807) is 74.5 Å². The van der Waals surface area contributed by atoms with Crippen molar-refractivity contribution in [2.75, 3.05) is 18.5 Å². The largest absolute Gasteiger partial charge is 0.481 e. The molecule has 0 radical (unpaired) electrons. The summed E-state index contributed by atoms with van der Waals surface area (Å²) in [6.07, 6.45) is 7.52. The van der Waals surface area contributed by atoms with Crippen molar-refractivity contribution in [1.29, 1.82) is 0 Å². The smallest absolute Gasteiger partial charge is 0.305 e. The SMILES string of the molecule is CCCCC(C)SC(CC(=O)O)C(=O)NCCC(=O)N[C@H](C(=O)N[C@@H](C)C(=O)Nc1ccc(Oc2ccc([C@@H]3O[C@@H]4C[C@H]5[C@@H]6CCC7=CC(=O)C=C[C@]7(C)[C@H]6[C@@H](O)C[C@]5(C)[C@]4(C(=O)CO)O3)cc2)cc1)C(C)C. The number of aliphatic carboxylic acids is 1. The third-order valence-corrected chi connectivity index (χ3v) is 17.4. The molecule has 3 saturated carbocycles. The number of carbonyl (C=O) groups is 7. The lowest BCUT2D eigenvalue weighted by Crippen LogP contribution is -2.63. The molecule has 7 rings (SSSR count). The molecule has 1 saturated heterocycles. The van der Waals surface area contributed by atoms with Crippen LogP contribution in [0.5, 0.6) is 11.5 Å². The average molecular weight is 1030 g/mol. The van der Waals surface area contributed by atoms with Crippen LogP contribution in [0.15, 0.2) is 72.3 Å². The summed E-state index contributed by atoms with van der Waals surface area (Å²) in [6.45, 7) is 12.4. The van der Waals surface area contributed by atoms with Crippen LogP contribution in [0.3, 0.4) is 0 Å². The minimum atomic E-state index is -1.48. The first-order valence-electron chi connectivity index (χ1n) is 25.7. The average Bonchev–Trinajstić information content (AvgIpc) is 3.85. The van der Waals surface area contributed by atoms with Gasteiger partial charge in [-0.15, -0.1) is 11.8 Å². The van der Waals surface area contributed by atoms with Gasteiger partial charge in [0.1, 0.15) is 30.2 Å². The summed E-state index contributed by atoms with van der Waals surface area (Å²) in [4.78, 5) is 89.9. The standard InChI is InChI=1S/C55H72N4O13S/c1-8-9-10-31(4)73-42(27-46(65)66)50(68)56-24-22-45(64)59-48(30(2)3)51(69)57-32(5)49(67)58-35-14-18-38(19-15-35)70-37-16-11-33(12-17-37)52-71-44-26-40-39-20-13-34-25-36(61)21-23-53(34,6)47(39)41(62)28-54(40,7)55(44,72-52)43(63)29-60/h11-12,14-19,21,23,25,30-32,39-42,44,47-48,52,60,62H,8-10,13,20,22,24,26-29H2,1-7H3,(H,56,68)(H,57,69)(H,58,67)(H,59,64)(H,65,66)/t31?,32-,39-,40-,41-,42?,44+,47+,48-,52+,53-,54-,55+/m0/s1. The van der Waals surface area contributed by atoms with Crippen molar-refractivity contribution in [2.24, 2.45) is 34.5 Å². The van der Waals surface area contributed by atoms with Gasteiger partial charge in [-0.2, -0.15) is 0 Å². The van der Waals surface area contributed by atoms with E-state index in [2.05, 4.69) is 35.1 Å². The topological polar surface area (TPSA) is 256 Å². The van der Waals surface area contributed by atoms with Crippen LogP contribution in [0.25, 0.3) is 0 Å². The lowest BCUT2D eigenvalue weighted by atomic mass is 9.46. The Kier molecular flexibility index (Phi) is 17.4. The number of hydrogen-bond acceptors (Lipinski definition) is 13. The van der Waals surface area contributed by atoms with E-state index in [4.69, 9.17) is 14.2 Å². The number of unbranched alkanes of at least 4 members (excludes halogenated alkanes) is 1. The van der Waals surface area contributed by atoms with Gasteiger partial charge in [-0.3, -0.25) is 33.6 Å². The van der Waals surface area contributed by atoms with Gasteiger partial charge in [0, 0.05) is 46.2 Å². The van der Waals surface area contributed by atoms with Gasteiger partial charge in [0.05, 0.1) is 23.9 Å². The summed E-state index contributed by atoms with van der Waals surface area (Å²) in [6, 6.07) is 11.7. The van der Waals surface area contributed by atoms with Crippen molar-refractivity contribution < 1.29 is 63.1 Å². The molecule has 1 heterocycles. The van der Waals surface area contributed by atoms with Crippen LogP contribution in [-0.2, 0) is 43.0 Å². The molecule has 13 atom stereocenters. The lowest BCUT2D eigenvalue weighted by Gasteiger charge is -2.59. The number of benzene rings is 2. The number of Topliss-reactive ketones (excluding diaryl/α,β-unsaturated/α-hetero) is 1. The van der Waals surface area contributed by atoms with Crippen LogP contribution in [0.4, 0.5) is 5.69 Å². The molecule has 2 aromatic rings. The van der Waals surface area contributed by atoms with Gasteiger partial charge in [0.25, 0.3) is 0 Å². The van der Waals surface area contributed by atoms with Crippen molar-refractivity contribution in [2.45, 2.75) is 153 Å². The minimum absolute atomic E-state index is 0.0286. The highest BCUT2D eigenvalue weighted by atomic mass is 32.2. The zero-order valence-corrected chi connectivity index (χ0v) is 43.6. The number of fused-ring (bicyclic) bond motifs is 7. The third-order valence-electron chi connectivity index (χ3n) is 16.0. The molecule has 7 N–H and O–H groups in total. The predicted molar refractivity (Wildman–Crippen MR) is 273 cm³/mol. The molecule has 4 aliphatic carbocycles. The van der Waals surface area contributed by atoms with Crippen LogP contribution in [-0.4, -0.2) is 110 Å². The van der Waals surface area contributed by atoms with Crippen LogP contribution in [0.2, 0.25) is 0 Å². The molecule has 396 valence electrons. The summed E-state index contributed by atoms with van der Waals surface area (Å²) in [5, 5.41) is 41.8. The van der Waals surface area contributed by atoms with E-state index in [0.29, 0.717) is 29.2 Å². The van der Waals surface area contributed by atoms with Gasteiger partial charge in [0.15, 0.2) is 23.5 Å². The molecule has 0 aromatic heterocycles. The molecule has 2 aromatic carbocycles. The number of amides is 4. The Morgan fingerprint density at radius 3 is 2.26 bits per heavy atom. The number of aliphatic hydroxyl groups is 2. The predicted octanol–water partition coefficient (Wildman–Crippen LogP) is 6.33. The minimum Gasteiger partial charge on any atom is -0.481 e. The molecule has 18 heteroatoms. The number of ether oxygens (including phenoxy) is 3. The molecular weight excluding hydrogens is 957 g/mol. The summed E-state index contributed by atoms with van der Waals surface area (Å²) in [5.74, 6) is -3.13. The fourth-order valence-electron chi connectivity index (χ4n) is 12.3. The second kappa shape index (κ2) is 23.0. The molecule has 0 spiro atoms. The highest BCUT2D eigenvalue weighted by Crippen LogP contribution is 2.70. The Hall–Kier alpha value is -5.40. The maximum absolute atomic E-state index is 14.0. The monoisotopic (exact) mass is 1030 g/mol. The Morgan fingerprint density at radius 2 is 1.62 bits per heavy atom. The van der Waals surface area contributed by atoms with Gasteiger partial charge in [0.2, 0.25) is 23.6 Å². The Bertz CT molecular complexity index is 2460. The quantitative estimate of drug-likeness (QED) is 0.0681. The normalized spacial score (nSPS) is 29.5. The van der Waals surface area contributed by atoms with Gasteiger partial charge in [-0.25, -0.2) is 0 Å². The van der Waals surface area contributed by atoms with Crippen LogP contribution in [0.1, 0.15) is 118 Å². The van der Waals surface area contributed by atoms with Gasteiger partial charge >= 0.3 is 5.97 Å². The lowest BCUT2D eigenvalue weighted by molar-refractivity contribution is -0.201. The number of nitrogens with one attached hydrogen (secondary N) is 4. The van der Waals surface area contributed by atoms with Crippen molar-refractivity contribution in [1.82, 2.24) is 16.0 Å². The molecule has 4 amide bonds.